The van der Waals surface area contributed by atoms with E-state index >= 15 is 0 Å². The summed E-state index contributed by atoms with van der Waals surface area (Å²) in [7, 11) is 2.18. The van der Waals surface area contributed by atoms with Gasteiger partial charge in [-0.2, -0.15) is 0 Å². The topological polar surface area (TPSA) is 3.24 Å². The number of allylic oxidation sites excluding steroid dienone is 1. The first-order chi connectivity index (χ1) is 7.18. The van der Waals surface area contributed by atoms with E-state index in [-0.39, 0.29) is 0 Å². The highest BCUT2D eigenvalue weighted by Crippen LogP contribution is 2.35. The SMILES string of the molecule is CC1=CN(C)C(c2ccccc2)C(C)C1. The zero-order valence-corrected chi connectivity index (χ0v) is 9.77. The lowest BCUT2D eigenvalue weighted by Crippen LogP contribution is -2.29. The predicted molar refractivity (Wildman–Crippen MR) is 64.5 cm³/mol. The third-order valence-corrected chi connectivity index (χ3v) is 3.19. The average molecular weight is 201 g/mol. The fourth-order valence-corrected chi connectivity index (χ4v) is 2.72. The van der Waals surface area contributed by atoms with E-state index in [4.69, 9.17) is 0 Å². The second-order valence-corrected chi connectivity index (χ2v) is 4.68. The molecule has 0 saturated carbocycles. The lowest BCUT2D eigenvalue weighted by atomic mass is 9.86. The molecule has 0 saturated heterocycles. The molecule has 0 amide bonds. The van der Waals surface area contributed by atoms with Crippen LogP contribution in [0.4, 0.5) is 0 Å². The van der Waals surface area contributed by atoms with Crippen LogP contribution in [0, 0.1) is 5.92 Å². The molecule has 15 heavy (non-hydrogen) atoms. The fraction of sp³-hybridized carbons (Fsp3) is 0.429. The summed E-state index contributed by atoms with van der Waals surface area (Å²) in [6.07, 6.45) is 3.49. The van der Waals surface area contributed by atoms with Gasteiger partial charge in [-0.3, -0.25) is 0 Å². The van der Waals surface area contributed by atoms with Crippen LogP contribution in [-0.2, 0) is 0 Å². The largest absolute Gasteiger partial charge is 0.373 e. The molecular weight excluding hydrogens is 182 g/mol. The van der Waals surface area contributed by atoms with E-state index in [1.165, 1.54) is 17.6 Å². The van der Waals surface area contributed by atoms with Gasteiger partial charge in [0.25, 0.3) is 0 Å². The first-order valence-electron chi connectivity index (χ1n) is 5.62. The van der Waals surface area contributed by atoms with Crippen molar-refractivity contribution in [3.05, 3.63) is 47.7 Å². The summed E-state index contributed by atoms with van der Waals surface area (Å²) >= 11 is 0. The second kappa shape index (κ2) is 4.09. The maximum atomic E-state index is 2.35. The van der Waals surface area contributed by atoms with Gasteiger partial charge in [-0.05, 0) is 31.0 Å². The van der Waals surface area contributed by atoms with Crippen molar-refractivity contribution in [2.45, 2.75) is 26.3 Å². The van der Waals surface area contributed by atoms with Crippen LogP contribution >= 0.6 is 0 Å². The van der Waals surface area contributed by atoms with Gasteiger partial charge in [-0.15, -0.1) is 0 Å². The highest BCUT2D eigenvalue weighted by Gasteiger charge is 2.25. The summed E-state index contributed by atoms with van der Waals surface area (Å²) in [5.74, 6) is 0.697. The molecule has 1 aliphatic heterocycles. The molecule has 1 heteroatoms. The molecule has 1 aromatic rings. The highest BCUT2D eigenvalue weighted by molar-refractivity contribution is 5.22. The quantitative estimate of drug-likeness (QED) is 0.671. The van der Waals surface area contributed by atoms with Crippen molar-refractivity contribution in [1.82, 2.24) is 4.90 Å². The molecule has 0 radical (unpaired) electrons. The van der Waals surface area contributed by atoms with E-state index in [1.807, 2.05) is 0 Å². The molecule has 0 spiro atoms. The normalized spacial score (nSPS) is 26.3. The van der Waals surface area contributed by atoms with Gasteiger partial charge in [0.15, 0.2) is 0 Å². The van der Waals surface area contributed by atoms with Gasteiger partial charge in [-0.25, -0.2) is 0 Å². The molecule has 0 fully saturated rings. The lowest BCUT2D eigenvalue weighted by molar-refractivity contribution is 0.227. The number of benzene rings is 1. The monoisotopic (exact) mass is 201 g/mol. The Morgan fingerprint density at radius 3 is 2.47 bits per heavy atom. The number of nitrogens with zero attached hydrogens (tertiary/aromatic N) is 1. The molecule has 1 aromatic carbocycles. The van der Waals surface area contributed by atoms with E-state index in [9.17, 15) is 0 Å². The third-order valence-electron chi connectivity index (χ3n) is 3.19. The maximum absolute atomic E-state index is 2.35. The molecule has 1 aliphatic rings. The van der Waals surface area contributed by atoms with Crippen molar-refractivity contribution in [1.29, 1.82) is 0 Å². The molecule has 0 N–H and O–H groups in total. The summed E-state index contributed by atoms with van der Waals surface area (Å²) in [6, 6.07) is 11.3. The van der Waals surface area contributed by atoms with Crippen LogP contribution < -0.4 is 0 Å². The van der Waals surface area contributed by atoms with Crippen LogP contribution in [-0.4, -0.2) is 11.9 Å². The van der Waals surface area contributed by atoms with Crippen LogP contribution in [0.2, 0.25) is 0 Å². The molecular formula is C14H19N. The average Bonchev–Trinajstić information content (AvgIpc) is 2.17. The molecule has 2 atom stereocenters. The number of hydrogen-bond donors (Lipinski definition) is 0. The first-order valence-corrected chi connectivity index (χ1v) is 5.62. The van der Waals surface area contributed by atoms with E-state index < -0.39 is 0 Å². The summed E-state index contributed by atoms with van der Waals surface area (Å²) in [5.41, 5.74) is 2.91. The minimum absolute atomic E-state index is 0.537. The fourth-order valence-electron chi connectivity index (χ4n) is 2.72. The maximum Gasteiger partial charge on any atom is 0.0562 e. The smallest absolute Gasteiger partial charge is 0.0562 e. The Morgan fingerprint density at radius 1 is 1.20 bits per heavy atom. The molecule has 2 unspecified atom stereocenters. The van der Waals surface area contributed by atoms with E-state index in [0.29, 0.717) is 12.0 Å². The predicted octanol–water partition coefficient (Wildman–Crippen LogP) is 3.60. The van der Waals surface area contributed by atoms with Crippen molar-refractivity contribution in [2.75, 3.05) is 7.05 Å². The van der Waals surface area contributed by atoms with Gasteiger partial charge < -0.3 is 4.90 Å². The van der Waals surface area contributed by atoms with Crippen LogP contribution in [0.1, 0.15) is 31.9 Å². The molecule has 80 valence electrons. The standard InChI is InChI=1S/C14H19N/c1-11-9-12(2)14(15(3)10-11)13-7-5-4-6-8-13/h4-8,10,12,14H,9H2,1-3H3. The van der Waals surface area contributed by atoms with Crippen LogP contribution in [0.15, 0.2) is 42.1 Å². The zero-order valence-electron chi connectivity index (χ0n) is 9.77. The Morgan fingerprint density at radius 2 is 1.87 bits per heavy atom. The van der Waals surface area contributed by atoms with Crippen molar-refractivity contribution in [3.8, 4) is 0 Å². The number of rotatable bonds is 1. The Labute approximate surface area is 92.4 Å². The molecule has 0 bridgehead atoms. The van der Waals surface area contributed by atoms with Crippen LogP contribution in [0.3, 0.4) is 0 Å². The zero-order chi connectivity index (χ0) is 10.8. The molecule has 0 aromatic heterocycles. The Balaban J connectivity index is 2.30. The van der Waals surface area contributed by atoms with E-state index in [0.717, 1.165) is 0 Å². The second-order valence-electron chi connectivity index (χ2n) is 4.68. The van der Waals surface area contributed by atoms with Crippen molar-refractivity contribution in [3.63, 3.8) is 0 Å². The minimum atomic E-state index is 0.537. The van der Waals surface area contributed by atoms with Gasteiger partial charge in [-0.1, -0.05) is 42.8 Å². The summed E-state index contributed by atoms with van der Waals surface area (Å²) in [4.78, 5) is 2.35. The first kappa shape index (κ1) is 10.3. The molecule has 2 rings (SSSR count). The minimum Gasteiger partial charge on any atom is -0.373 e. The Kier molecular flexibility index (Phi) is 2.81. The van der Waals surface area contributed by atoms with Gasteiger partial charge in [0.2, 0.25) is 0 Å². The van der Waals surface area contributed by atoms with E-state index in [1.54, 1.807) is 0 Å². The lowest BCUT2D eigenvalue weighted by Gasteiger charge is -2.37. The van der Waals surface area contributed by atoms with Gasteiger partial charge in [0, 0.05) is 7.05 Å². The highest BCUT2D eigenvalue weighted by atomic mass is 15.1. The van der Waals surface area contributed by atoms with Crippen molar-refractivity contribution >= 4 is 0 Å². The molecule has 1 heterocycles. The molecule has 1 nitrogen and oxygen atoms in total. The Bertz CT molecular complexity index is 353. The van der Waals surface area contributed by atoms with Crippen molar-refractivity contribution in [2.24, 2.45) is 5.92 Å². The number of hydrogen-bond acceptors (Lipinski definition) is 1. The van der Waals surface area contributed by atoms with Crippen molar-refractivity contribution < 1.29 is 0 Å². The van der Waals surface area contributed by atoms with Crippen LogP contribution in [0.25, 0.3) is 0 Å². The third kappa shape index (κ3) is 2.06. The van der Waals surface area contributed by atoms with Crippen LogP contribution in [0.5, 0.6) is 0 Å². The summed E-state index contributed by atoms with van der Waals surface area (Å²) < 4.78 is 0. The summed E-state index contributed by atoms with van der Waals surface area (Å²) in [5, 5.41) is 0. The van der Waals surface area contributed by atoms with Gasteiger partial charge in [0.1, 0.15) is 0 Å². The Hall–Kier alpha value is -1.24. The van der Waals surface area contributed by atoms with Gasteiger partial charge in [0.05, 0.1) is 6.04 Å². The van der Waals surface area contributed by atoms with E-state index in [2.05, 4.69) is 62.3 Å². The van der Waals surface area contributed by atoms with Gasteiger partial charge >= 0.3 is 0 Å². The summed E-state index contributed by atoms with van der Waals surface area (Å²) in [6.45, 7) is 4.55. The molecule has 0 aliphatic carbocycles.